The summed E-state index contributed by atoms with van der Waals surface area (Å²) >= 11 is 0. The summed E-state index contributed by atoms with van der Waals surface area (Å²) in [5.41, 5.74) is 5.38. The molecule has 0 bridgehead atoms. The molecule has 27 heavy (non-hydrogen) atoms. The summed E-state index contributed by atoms with van der Waals surface area (Å²) in [6, 6.07) is 18.9. The van der Waals surface area contributed by atoms with E-state index in [-0.39, 0.29) is 5.78 Å². The Morgan fingerprint density at radius 1 is 0.926 bits per heavy atom. The van der Waals surface area contributed by atoms with E-state index in [2.05, 4.69) is 10.6 Å². The molecule has 0 heterocycles. The molecule has 2 N–H and O–H groups in total. The first-order valence-corrected chi connectivity index (χ1v) is 8.79. The molecule has 4 nitrogen and oxygen atoms in total. The zero-order valence-electron chi connectivity index (χ0n) is 15.7. The highest BCUT2D eigenvalue weighted by atomic mass is 16.1. The summed E-state index contributed by atoms with van der Waals surface area (Å²) in [6.45, 7) is 3.89. The van der Waals surface area contributed by atoms with Crippen LogP contribution in [0.1, 0.15) is 37.4 Å². The van der Waals surface area contributed by atoms with E-state index in [4.69, 9.17) is 0 Å². The van der Waals surface area contributed by atoms with Crippen LogP contribution in [-0.2, 0) is 0 Å². The van der Waals surface area contributed by atoms with Crippen LogP contribution in [0.2, 0.25) is 0 Å². The third-order valence-corrected chi connectivity index (χ3v) is 4.55. The van der Waals surface area contributed by atoms with E-state index in [9.17, 15) is 9.59 Å². The van der Waals surface area contributed by atoms with E-state index < -0.39 is 0 Å². The second-order valence-corrected chi connectivity index (χ2v) is 6.46. The number of carbonyl (C=O) groups excluding carboxylic acids is 2. The van der Waals surface area contributed by atoms with Gasteiger partial charge in [-0.3, -0.25) is 9.59 Å². The molecule has 0 fully saturated rings. The molecule has 0 aliphatic heterocycles. The fourth-order valence-corrected chi connectivity index (χ4v) is 3.14. The number of hydrogen-bond acceptors (Lipinski definition) is 4. The fourth-order valence-electron chi connectivity index (χ4n) is 3.14. The first-order valence-electron chi connectivity index (χ1n) is 8.79. The van der Waals surface area contributed by atoms with Crippen molar-refractivity contribution in [3.63, 3.8) is 0 Å². The number of aldehydes is 1. The number of nitrogens with one attached hydrogen (secondary N) is 2. The van der Waals surface area contributed by atoms with Gasteiger partial charge in [-0.1, -0.05) is 36.4 Å². The molecule has 0 spiro atoms. The fraction of sp³-hybridized carbons (Fsp3) is 0.130. The highest BCUT2D eigenvalue weighted by molar-refractivity contribution is 6.18. The van der Waals surface area contributed by atoms with Gasteiger partial charge in [0.2, 0.25) is 0 Å². The zero-order chi connectivity index (χ0) is 19.4. The summed E-state index contributed by atoms with van der Waals surface area (Å²) in [5.74, 6) is -0.174. The smallest absolute Gasteiger partial charge is 0.196 e. The molecule has 0 aromatic heterocycles. The third-order valence-electron chi connectivity index (χ3n) is 4.55. The quantitative estimate of drug-likeness (QED) is 0.474. The lowest BCUT2D eigenvalue weighted by molar-refractivity contribution is 0.103. The van der Waals surface area contributed by atoms with Crippen molar-refractivity contribution in [2.24, 2.45) is 0 Å². The van der Waals surface area contributed by atoms with Crippen molar-refractivity contribution in [2.45, 2.75) is 13.8 Å². The summed E-state index contributed by atoms with van der Waals surface area (Å²) in [4.78, 5) is 25.2. The molecule has 0 radical (unpaired) electrons. The highest BCUT2D eigenvalue weighted by Crippen LogP contribution is 2.31. The molecule has 0 amide bonds. The minimum absolute atomic E-state index is 0.174. The molecule has 0 unspecified atom stereocenters. The predicted octanol–water partition coefficient (Wildman–Crippen LogP) is 5.13. The van der Waals surface area contributed by atoms with Gasteiger partial charge in [0.05, 0.1) is 11.1 Å². The lowest BCUT2D eigenvalue weighted by Crippen LogP contribution is -2.12. The van der Waals surface area contributed by atoms with Crippen molar-refractivity contribution in [3.05, 3.63) is 88.5 Å². The van der Waals surface area contributed by atoms with Crippen molar-refractivity contribution in [1.29, 1.82) is 0 Å². The van der Waals surface area contributed by atoms with E-state index >= 15 is 0 Å². The Bertz CT molecular complexity index is 1010. The van der Waals surface area contributed by atoms with Crippen molar-refractivity contribution < 1.29 is 9.59 Å². The Morgan fingerprint density at radius 2 is 1.67 bits per heavy atom. The van der Waals surface area contributed by atoms with E-state index in [1.165, 1.54) is 0 Å². The van der Waals surface area contributed by atoms with E-state index in [0.717, 1.165) is 23.1 Å². The van der Waals surface area contributed by atoms with Crippen LogP contribution in [0, 0.1) is 13.8 Å². The monoisotopic (exact) mass is 358 g/mol. The second-order valence-electron chi connectivity index (χ2n) is 6.46. The predicted molar refractivity (Wildman–Crippen MR) is 110 cm³/mol. The lowest BCUT2D eigenvalue weighted by atomic mass is 9.93. The van der Waals surface area contributed by atoms with E-state index in [1.807, 2.05) is 68.4 Å². The van der Waals surface area contributed by atoms with Crippen molar-refractivity contribution in [2.75, 3.05) is 17.7 Å². The van der Waals surface area contributed by atoms with Crippen LogP contribution in [0.25, 0.3) is 0 Å². The minimum atomic E-state index is -0.174. The SMILES string of the molecule is CNc1ccc(Nc2cccc(C)c2)c(C=O)c1C(=O)c1ccccc1C. The molecule has 3 rings (SSSR count). The first kappa shape index (κ1) is 18.4. The van der Waals surface area contributed by atoms with Gasteiger partial charge in [-0.25, -0.2) is 0 Å². The molecule has 0 aliphatic rings. The summed E-state index contributed by atoms with van der Waals surface area (Å²) in [5, 5.41) is 6.30. The van der Waals surface area contributed by atoms with Gasteiger partial charge in [-0.15, -0.1) is 0 Å². The number of anilines is 3. The van der Waals surface area contributed by atoms with Gasteiger partial charge in [0.15, 0.2) is 12.1 Å². The number of ketones is 1. The van der Waals surface area contributed by atoms with Gasteiger partial charge in [-0.2, -0.15) is 0 Å². The molecular formula is C23H22N2O2. The molecule has 0 atom stereocenters. The summed E-state index contributed by atoms with van der Waals surface area (Å²) in [7, 11) is 1.74. The lowest BCUT2D eigenvalue weighted by Gasteiger charge is -2.17. The Labute approximate surface area is 159 Å². The average Bonchev–Trinajstić information content (AvgIpc) is 2.67. The molecular weight excluding hydrogens is 336 g/mol. The average molecular weight is 358 g/mol. The van der Waals surface area contributed by atoms with Crippen LogP contribution in [0.4, 0.5) is 17.1 Å². The number of aryl methyl sites for hydroxylation is 2. The minimum Gasteiger partial charge on any atom is -0.388 e. The van der Waals surface area contributed by atoms with Gasteiger partial charge in [0, 0.05) is 29.7 Å². The Kier molecular flexibility index (Phi) is 5.36. The van der Waals surface area contributed by atoms with Crippen LogP contribution in [0.3, 0.4) is 0 Å². The summed E-state index contributed by atoms with van der Waals surface area (Å²) in [6.07, 6.45) is 0.741. The summed E-state index contributed by atoms with van der Waals surface area (Å²) < 4.78 is 0. The van der Waals surface area contributed by atoms with Gasteiger partial charge < -0.3 is 10.6 Å². The van der Waals surface area contributed by atoms with Gasteiger partial charge in [-0.05, 0) is 49.2 Å². The Hall–Kier alpha value is -3.40. The highest BCUT2D eigenvalue weighted by Gasteiger charge is 2.21. The number of carbonyl (C=O) groups is 2. The normalized spacial score (nSPS) is 10.3. The third kappa shape index (κ3) is 3.75. The van der Waals surface area contributed by atoms with Gasteiger partial charge in [0.25, 0.3) is 0 Å². The maximum Gasteiger partial charge on any atom is 0.196 e. The Morgan fingerprint density at radius 3 is 2.33 bits per heavy atom. The van der Waals surface area contributed by atoms with Crippen LogP contribution in [0.5, 0.6) is 0 Å². The second kappa shape index (κ2) is 7.87. The number of rotatable bonds is 6. The topological polar surface area (TPSA) is 58.2 Å². The van der Waals surface area contributed by atoms with E-state index in [0.29, 0.717) is 28.1 Å². The molecule has 136 valence electrons. The van der Waals surface area contributed by atoms with E-state index in [1.54, 1.807) is 13.1 Å². The first-order chi connectivity index (χ1) is 13.0. The number of hydrogen-bond donors (Lipinski definition) is 2. The number of benzene rings is 3. The molecule has 3 aromatic carbocycles. The van der Waals surface area contributed by atoms with Crippen molar-refractivity contribution in [1.82, 2.24) is 0 Å². The maximum absolute atomic E-state index is 13.3. The van der Waals surface area contributed by atoms with Gasteiger partial charge in [0.1, 0.15) is 0 Å². The maximum atomic E-state index is 13.3. The molecule has 0 aliphatic carbocycles. The van der Waals surface area contributed by atoms with Crippen molar-refractivity contribution in [3.8, 4) is 0 Å². The zero-order valence-corrected chi connectivity index (χ0v) is 15.7. The van der Waals surface area contributed by atoms with Crippen LogP contribution in [-0.4, -0.2) is 19.1 Å². The molecule has 0 saturated carbocycles. The van der Waals surface area contributed by atoms with Crippen LogP contribution >= 0.6 is 0 Å². The Balaban J connectivity index is 2.13. The van der Waals surface area contributed by atoms with Crippen LogP contribution < -0.4 is 10.6 Å². The standard InChI is InChI=1S/C23H22N2O2/c1-15-7-6-9-17(13-15)25-20-11-12-21(24-3)22(19(20)14-26)23(27)18-10-5-4-8-16(18)2/h4-14,24-25H,1-3H3. The molecule has 3 aromatic rings. The van der Waals surface area contributed by atoms with Gasteiger partial charge >= 0.3 is 0 Å². The van der Waals surface area contributed by atoms with Crippen molar-refractivity contribution >= 4 is 29.1 Å². The molecule has 0 saturated heterocycles. The van der Waals surface area contributed by atoms with Crippen LogP contribution in [0.15, 0.2) is 60.7 Å². The molecule has 4 heteroatoms. The largest absolute Gasteiger partial charge is 0.388 e.